The van der Waals surface area contributed by atoms with Crippen LogP contribution in [0.1, 0.15) is 25.3 Å². The third kappa shape index (κ3) is 3.16. The molecule has 0 unspecified atom stereocenters. The van der Waals surface area contributed by atoms with Gasteiger partial charge in [0.05, 0.1) is 15.6 Å². The molecule has 0 saturated carbocycles. The number of nitrogens with one attached hydrogen (secondary N) is 2. The Balaban J connectivity index is 2.27. The summed E-state index contributed by atoms with van der Waals surface area (Å²) in [6.45, 7) is 4.12. The van der Waals surface area contributed by atoms with Gasteiger partial charge in [-0.15, -0.1) is 0 Å². The van der Waals surface area contributed by atoms with E-state index in [-0.39, 0.29) is 4.90 Å². The van der Waals surface area contributed by atoms with Crippen LogP contribution >= 0.6 is 15.9 Å². The van der Waals surface area contributed by atoms with Gasteiger partial charge in [0.25, 0.3) is 10.0 Å². The molecule has 5 nitrogen and oxygen atoms in total. The number of rotatable bonds is 4. The van der Waals surface area contributed by atoms with Crippen LogP contribution in [0.4, 0.5) is 5.82 Å². The van der Waals surface area contributed by atoms with Crippen LogP contribution < -0.4 is 4.72 Å². The van der Waals surface area contributed by atoms with Gasteiger partial charge in [-0.25, -0.2) is 8.42 Å². The number of hydrogen-bond acceptors (Lipinski definition) is 3. The molecule has 0 saturated heterocycles. The minimum absolute atomic E-state index is 0.221. The molecule has 0 aliphatic rings. The van der Waals surface area contributed by atoms with Gasteiger partial charge in [-0.1, -0.05) is 26.0 Å². The molecule has 102 valence electrons. The predicted molar refractivity (Wildman–Crippen MR) is 77.6 cm³/mol. The van der Waals surface area contributed by atoms with Crippen LogP contribution in [0.2, 0.25) is 0 Å². The van der Waals surface area contributed by atoms with Crippen molar-refractivity contribution < 1.29 is 8.42 Å². The van der Waals surface area contributed by atoms with Crippen molar-refractivity contribution in [3.05, 3.63) is 40.5 Å². The first-order valence-corrected chi connectivity index (χ1v) is 7.99. The average Bonchev–Trinajstić information content (AvgIpc) is 2.74. The summed E-state index contributed by atoms with van der Waals surface area (Å²) in [4.78, 5) is 0.221. The molecule has 0 aliphatic carbocycles. The highest BCUT2D eigenvalue weighted by Gasteiger charge is 2.16. The van der Waals surface area contributed by atoms with Crippen molar-refractivity contribution >= 4 is 31.8 Å². The van der Waals surface area contributed by atoms with Gasteiger partial charge in [-0.2, -0.15) is 5.10 Å². The van der Waals surface area contributed by atoms with Gasteiger partial charge in [0.1, 0.15) is 5.82 Å². The van der Waals surface area contributed by atoms with E-state index in [4.69, 9.17) is 0 Å². The Hall–Kier alpha value is -1.34. The summed E-state index contributed by atoms with van der Waals surface area (Å²) in [6.07, 6.45) is 1.49. The van der Waals surface area contributed by atoms with Gasteiger partial charge in [0.15, 0.2) is 0 Å². The first-order chi connectivity index (χ1) is 8.90. The summed E-state index contributed by atoms with van der Waals surface area (Å²) in [5.41, 5.74) is 1.10. The molecule has 1 aromatic heterocycles. The Morgan fingerprint density at radius 1 is 1.26 bits per heavy atom. The van der Waals surface area contributed by atoms with Crippen molar-refractivity contribution in [1.82, 2.24) is 10.2 Å². The summed E-state index contributed by atoms with van der Waals surface area (Å²) in [6, 6.07) is 6.84. The van der Waals surface area contributed by atoms with Crippen molar-refractivity contribution in [2.45, 2.75) is 24.7 Å². The molecule has 2 N–H and O–H groups in total. The fourth-order valence-corrected chi connectivity index (χ4v) is 3.03. The van der Waals surface area contributed by atoms with Crippen LogP contribution in [0.5, 0.6) is 0 Å². The van der Waals surface area contributed by atoms with E-state index < -0.39 is 10.0 Å². The van der Waals surface area contributed by atoms with Crippen LogP contribution in [-0.2, 0) is 10.0 Å². The highest BCUT2D eigenvalue weighted by Crippen LogP contribution is 2.23. The van der Waals surface area contributed by atoms with Gasteiger partial charge in [-0.3, -0.25) is 9.82 Å². The predicted octanol–water partition coefficient (Wildman–Crippen LogP) is 3.10. The molecule has 2 aromatic rings. The number of anilines is 1. The highest BCUT2D eigenvalue weighted by molar-refractivity contribution is 9.10. The summed E-state index contributed by atoms with van der Waals surface area (Å²) in [7, 11) is -3.60. The van der Waals surface area contributed by atoms with Gasteiger partial charge in [0.2, 0.25) is 0 Å². The van der Waals surface area contributed by atoms with E-state index in [0.29, 0.717) is 16.2 Å². The van der Waals surface area contributed by atoms with Crippen molar-refractivity contribution in [3.63, 3.8) is 0 Å². The van der Waals surface area contributed by atoms with Crippen molar-refractivity contribution in [3.8, 4) is 0 Å². The number of aromatic amines is 1. The molecule has 0 bridgehead atoms. The van der Waals surface area contributed by atoms with Crippen molar-refractivity contribution in [2.24, 2.45) is 0 Å². The molecular formula is C12H14BrN3O2S. The second-order valence-electron chi connectivity index (χ2n) is 4.42. The largest absolute Gasteiger partial charge is 0.263 e. The molecule has 19 heavy (non-hydrogen) atoms. The third-order valence-electron chi connectivity index (χ3n) is 2.69. The molecule has 7 heteroatoms. The number of sulfonamides is 1. The maximum Gasteiger partial charge on any atom is 0.263 e. The molecule has 2 rings (SSSR count). The molecule has 0 amide bonds. The standard InChI is InChI=1S/C12H14BrN3O2S/c1-8(2)9-3-5-10(6-4-9)19(17,18)16-12-11(13)7-14-15-12/h3-8H,1-2H3,(H2,14,15,16). The summed E-state index contributed by atoms with van der Waals surface area (Å²) in [5, 5.41) is 6.31. The summed E-state index contributed by atoms with van der Waals surface area (Å²) >= 11 is 3.20. The van der Waals surface area contributed by atoms with Gasteiger partial charge >= 0.3 is 0 Å². The zero-order valence-electron chi connectivity index (χ0n) is 10.5. The summed E-state index contributed by atoms with van der Waals surface area (Å²) < 4.78 is 27.3. The monoisotopic (exact) mass is 343 g/mol. The van der Waals surface area contributed by atoms with Crippen LogP contribution in [0.15, 0.2) is 39.8 Å². The zero-order valence-corrected chi connectivity index (χ0v) is 12.9. The van der Waals surface area contributed by atoms with Crippen molar-refractivity contribution in [1.29, 1.82) is 0 Å². The maximum atomic E-state index is 12.2. The number of halogens is 1. The van der Waals surface area contributed by atoms with E-state index in [2.05, 4.69) is 44.7 Å². The lowest BCUT2D eigenvalue weighted by atomic mass is 10.0. The fourth-order valence-electron chi connectivity index (χ4n) is 1.57. The number of H-pyrrole nitrogens is 1. The average molecular weight is 344 g/mol. The quantitative estimate of drug-likeness (QED) is 0.895. The molecule has 1 heterocycles. The molecule has 0 spiro atoms. The fraction of sp³-hybridized carbons (Fsp3) is 0.250. The second kappa shape index (κ2) is 5.34. The van der Waals surface area contributed by atoms with E-state index in [1.807, 2.05) is 12.1 Å². The zero-order chi connectivity index (χ0) is 14.0. The minimum Gasteiger partial charge on any atom is -0.263 e. The SMILES string of the molecule is CC(C)c1ccc(S(=O)(=O)Nc2[nH]ncc2Br)cc1. The lowest BCUT2D eigenvalue weighted by molar-refractivity contribution is 0.601. The van der Waals surface area contributed by atoms with E-state index in [9.17, 15) is 8.42 Å². The van der Waals surface area contributed by atoms with Crippen molar-refractivity contribution in [2.75, 3.05) is 4.72 Å². The Bertz CT molecular complexity index is 663. The van der Waals surface area contributed by atoms with E-state index >= 15 is 0 Å². The van der Waals surface area contributed by atoms with Crippen LogP contribution in [-0.4, -0.2) is 18.6 Å². The molecule has 0 atom stereocenters. The molecular weight excluding hydrogens is 330 g/mol. The maximum absolute atomic E-state index is 12.2. The Labute approximate surface area is 120 Å². The minimum atomic E-state index is -3.60. The topological polar surface area (TPSA) is 74.8 Å². The number of hydrogen-bond donors (Lipinski definition) is 2. The Morgan fingerprint density at radius 2 is 1.89 bits per heavy atom. The van der Waals surface area contributed by atoms with Crippen LogP contribution in [0.3, 0.4) is 0 Å². The number of nitrogens with zero attached hydrogens (tertiary/aromatic N) is 1. The lowest BCUT2D eigenvalue weighted by Crippen LogP contribution is -2.13. The molecule has 1 aromatic carbocycles. The number of aromatic nitrogens is 2. The van der Waals surface area contributed by atoms with Gasteiger partial charge < -0.3 is 0 Å². The smallest absolute Gasteiger partial charge is 0.263 e. The Morgan fingerprint density at radius 3 is 2.37 bits per heavy atom. The number of benzene rings is 1. The second-order valence-corrected chi connectivity index (χ2v) is 6.96. The van der Waals surface area contributed by atoms with Gasteiger partial charge in [-0.05, 0) is 39.5 Å². The molecule has 0 radical (unpaired) electrons. The van der Waals surface area contributed by atoms with Crippen LogP contribution in [0, 0.1) is 0 Å². The first-order valence-electron chi connectivity index (χ1n) is 5.72. The Kier molecular flexibility index (Phi) is 3.96. The summed E-state index contributed by atoms with van der Waals surface area (Å²) in [5.74, 6) is 0.680. The van der Waals surface area contributed by atoms with Gasteiger partial charge in [0, 0.05) is 0 Å². The normalized spacial score (nSPS) is 11.8. The van der Waals surface area contributed by atoms with Crippen LogP contribution in [0.25, 0.3) is 0 Å². The first kappa shape index (κ1) is 14.1. The highest BCUT2D eigenvalue weighted by atomic mass is 79.9. The third-order valence-corrected chi connectivity index (χ3v) is 4.65. The molecule has 0 aliphatic heterocycles. The molecule has 0 fully saturated rings. The van der Waals surface area contributed by atoms with E-state index in [1.165, 1.54) is 6.20 Å². The van der Waals surface area contributed by atoms with E-state index in [0.717, 1.165) is 5.56 Å². The van der Waals surface area contributed by atoms with E-state index in [1.54, 1.807) is 12.1 Å². The lowest BCUT2D eigenvalue weighted by Gasteiger charge is -2.09.